The van der Waals surface area contributed by atoms with Crippen LogP contribution in [-0.4, -0.2) is 44.7 Å². The van der Waals surface area contributed by atoms with Gasteiger partial charge in [-0.2, -0.15) is 0 Å². The topological polar surface area (TPSA) is 53.3 Å². The van der Waals surface area contributed by atoms with Crippen LogP contribution in [0, 0.1) is 0 Å². The smallest absolute Gasteiger partial charge is 0.0679 e. The zero-order chi connectivity index (χ0) is 22.9. The van der Waals surface area contributed by atoms with Crippen molar-refractivity contribution in [3.8, 4) is 0 Å². The normalized spacial score (nSPS) is 15.8. The Bertz CT molecular complexity index is 644. The number of unbranched alkanes of at least 4 members (excludes halogenated alkanes) is 5. The molecule has 1 aromatic carbocycles. The molecular weight excluding hydrogens is 380 g/mol. The lowest BCUT2D eigenvalue weighted by molar-refractivity contribution is 0.364. The predicted octanol–water partition coefficient (Wildman–Crippen LogP) is 5.39. The Labute approximate surface area is 191 Å². The average molecular weight is 427 g/mol. The Morgan fingerprint density at radius 1 is 1.16 bits per heavy atom. The molecule has 0 saturated carbocycles. The molecule has 0 radical (unpaired) electrons. The van der Waals surface area contributed by atoms with Crippen molar-refractivity contribution in [1.82, 2.24) is 15.5 Å². The van der Waals surface area contributed by atoms with Gasteiger partial charge in [0.25, 0.3) is 0 Å². The minimum absolute atomic E-state index is 0.308. The van der Waals surface area contributed by atoms with Crippen molar-refractivity contribution in [3.05, 3.63) is 60.8 Å². The van der Waals surface area contributed by atoms with E-state index in [1.807, 2.05) is 25.3 Å². The Hall–Kier alpha value is -2.04. The van der Waals surface area contributed by atoms with Crippen molar-refractivity contribution in [2.75, 3.05) is 33.7 Å². The highest BCUT2D eigenvalue weighted by molar-refractivity contribution is 5.71. The van der Waals surface area contributed by atoms with E-state index in [0.29, 0.717) is 6.04 Å². The molecule has 1 saturated heterocycles. The van der Waals surface area contributed by atoms with E-state index in [1.165, 1.54) is 51.4 Å². The van der Waals surface area contributed by atoms with Crippen molar-refractivity contribution >= 4 is 11.8 Å². The zero-order valence-electron chi connectivity index (χ0n) is 20.1. The van der Waals surface area contributed by atoms with Gasteiger partial charge in [-0.25, -0.2) is 0 Å². The number of benzene rings is 1. The van der Waals surface area contributed by atoms with Gasteiger partial charge in [0.2, 0.25) is 0 Å². The molecule has 4 nitrogen and oxygen atoms in total. The Balaban J connectivity index is 0.000000373. The summed E-state index contributed by atoms with van der Waals surface area (Å²) >= 11 is 0. The van der Waals surface area contributed by atoms with E-state index < -0.39 is 0 Å². The molecule has 174 valence electrons. The number of hydrogen-bond acceptors (Lipinski definition) is 4. The molecule has 1 unspecified atom stereocenters. The van der Waals surface area contributed by atoms with Gasteiger partial charge < -0.3 is 21.3 Å². The number of likely N-dealkylation sites (N-methyl/N-ethyl adjacent to an activating group) is 1. The highest BCUT2D eigenvalue weighted by Gasteiger charge is 2.22. The standard InChI is InChI=1S/C18H24N2.C9H22N2/c1-5-16-10-6-7-11-17(16)15(3)20(4)18-12-8-9-13-19-14(18)2;1-11-9-7-5-3-2-4-6-8-10/h5-7,10-11,18-19H,1-3,8-9,12-13H2,4H3;11H,2-10H2,1H3. The van der Waals surface area contributed by atoms with Crippen molar-refractivity contribution in [2.45, 2.75) is 63.8 Å². The molecule has 4 heteroatoms. The minimum atomic E-state index is 0.308. The summed E-state index contributed by atoms with van der Waals surface area (Å²) in [6.45, 7) is 15.4. The monoisotopic (exact) mass is 426 g/mol. The fourth-order valence-electron chi connectivity index (χ4n) is 3.90. The van der Waals surface area contributed by atoms with E-state index >= 15 is 0 Å². The van der Waals surface area contributed by atoms with E-state index in [-0.39, 0.29) is 0 Å². The second-order valence-electron chi connectivity index (χ2n) is 8.33. The van der Waals surface area contributed by atoms with Gasteiger partial charge >= 0.3 is 0 Å². The average Bonchev–Trinajstić information content (AvgIpc) is 3.02. The van der Waals surface area contributed by atoms with Crippen LogP contribution in [0.5, 0.6) is 0 Å². The molecule has 0 aliphatic carbocycles. The third kappa shape index (κ3) is 10.2. The summed E-state index contributed by atoms with van der Waals surface area (Å²) in [4.78, 5) is 2.24. The molecule has 1 atom stereocenters. The maximum Gasteiger partial charge on any atom is 0.0679 e. The molecule has 1 heterocycles. The molecule has 1 fully saturated rings. The van der Waals surface area contributed by atoms with Crippen LogP contribution in [0.3, 0.4) is 0 Å². The van der Waals surface area contributed by atoms with E-state index in [1.54, 1.807) is 0 Å². The van der Waals surface area contributed by atoms with Crippen LogP contribution in [0.2, 0.25) is 0 Å². The number of rotatable bonds is 12. The van der Waals surface area contributed by atoms with Crippen molar-refractivity contribution in [1.29, 1.82) is 0 Å². The molecule has 31 heavy (non-hydrogen) atoms. The summed E-state index contributed by atoms with van der Waals surface area (Å²) in [5.41, 5.74) is 9.77. The summed E-state index contributed by atoms with van der Waals surface area (Å²) in [6, 6.07) is 8.55. The van der Waals surface area contributed by atoms with Crippen LogP contribution in [0.15, 0.2) is 49.7 Å². The minimum Gasteiger partial charge on any atom is -0.387 e. The first-order chi connectivity index (χ1) is 15.1. The fourth-order valence-corrected chi connectivity index (χ4v) is 3.90. The lowest BCUT2D eigenvalue weighted by Crippen LogP contribution is -2.35. The lowest BCUT2D eigenvalue weighted by atomic mass is 10.0. The predicted molar refractivity (Wildman–Crippen MR) is 139 cm³/mol. The maximum absolute atomic E-state index is 5.38. The Morgan fingerprint density at radius 3 is 2.52 bits per heavy atom. The van der Waals surface area contributed by atoms with Gasteiger partial charge in [-0.15, -0.1) is 0 Å². The van der Waals surface area contributed by atoms with E-state index in [0.717, 1.165) is 48.6 Å². The fraction of sp³-hybridized carbons (Fsp3) is 0.556. The third-order valence-electron chi connectivity index (χ3n) is 5.92. The molecule has 0 amide bonds. The van der Waals surface area contributed by atoms with Crippen LogP contribution in [0.25, 0.3) is 11.8 Å². The first-order valence-electron chi connectivity index (χ1n) is 12.0. The van der Waals surface area contributed by atoms with Crippen LogP contribution in [0.4, 0.5) is 0 Å². The zero-order valence-corrected chi connectivity index (χ0v) is 20.1. The number of nitrogens with two attached hydrogens (primary N) is 1. The molecular formula is C27H46N4. The molecule has 1 aliphatic rings. The van der Waals surface area contributed by atoms with Crippen LogP contribution in [-0.2, 0) is 0 Å². The molecule has 0 bridgehead atoms. The number of hydrogen-bond donors (Lipinski definition) is 3. The maximum atomic E-state index is 5.38. The van der Waals surface area contributed by atoms with Gasteiger partial charge in [0.1, 0.15) is 0 Å². The molecule has 1 aliphatic heterocycles. The van der Waals surface area contributed by atoms with Gasteiger partial charge in [0, 0.05) is 30.5 Å². The molecule has 0 aromatic heterocycles. The highest BCUT2D eigenvalue weighted by Crippen LogP contribution is 2.27. The first-order valence-corrected chi connectivity index (χ1v) is 12.0. The molecule has 1 aromatic rings. The first kappa shape index (κ1) is 27.0. The van der Waals surface area contributed by atoms with Gasteiger partial charge in [-0.3, -0.25) is 0 Å². The Kier molecular flexibility index (Phi) is 14.5. The number of nitrogens with zero attached hydrogens (tertiary/aromatic N) is 1. The van der Waals surface area contributed by atoms with E-state index in [4.69, 9.17) is 5.73 Å². The van der Waals surface area contributed by atoms with Crippen LogP contribution >= 0.6 is 0 Å². The second-order valence-corrected chi connectivity index (χ2v) is 8.33. The molecule has 2 rings (SSSR count). The summed E-state index contributed by atoms with van der Waals surface area (Å²) in [6.07, 6.45) is 13.4. The lowest BCUT2D eigenvalue weighted by Gasteiger charge is -2.32. The van der Waals surface area contributed by atoms with Crippen molar-refractivity contribution in [2.24, 2.45) is 5.73 Å². The van der Waals surface area contributed by atoms with Crippen molar-refractivity contribution in [3.63, 3.8) is 0 Å². The number of nitrogens with one attached hydrogen (secondary N) is 2. The molecule has 0 spiro atoms. The summed E-state index contributed by atoms with van der Waals surface area (Å²) in [5.74, 6) is 0. The summed E-state index contributed by atoms with van der Waals surface area (Å²) in [5, 5.41) is 6.56. The third-order valence-corrected chi connectivity index (χ3v) is 5.92. The second kappa shape index (κ2) is 16.6. The van der Waals surface area contributed by atoms with Gasteiger partial charge in [0.15, 0.2) is 0 Å². The van der Waals surface area contributed by atoms with Crippen LogP contribution < -0.4 is 16.4 Å². The largest absolute Gasteiger partial charge is 0.387 e. The molecule has 4 N–H and O–H groups in total. The summed E-state index contributed by atoms with van der Waals surface area (Å²) in [7, 11) is 4.11. The highest BCUT2D eigenvalue weighted by atomic mass is 15.2. The van der Waals surface area contributed by atoms with Crippen molar-refractivity contribution < 1.29 is 0 Å². The quantitative estimate of drug-likeness (QED) is 0.392. The van der Waals surface area contributed by atoms with E-state index in [9.17, 15) is 0 Å². The summed E-state index contributed by atoms with van der Waals surface area (Å²) < 4.78 is 0. The van der Waals surface area contributed by atoms with Gasteiger partial charge in [-0.1, -0.05) is 75.8 Å². The SMILES string of the molecule is C=Cc1ccccc1C(=C)N(C)C1CCCCNC1=C.CNCCCCCCCCN. The Morgan fingerprint density at radius 2 is 1.84 bits per heavy atom. The van der Waals surface area contributed by atoms with Gasteiger partial charge in [0.05, 0.1) is 6.04 Å². The van der Waals surface area contributed by atoms with Crippen LogP contribution in [0.1, 0.15) is 68.9 Å². The van der Waals surface area contributed by atoms with E-state index in [2.05, 4.69) is 54.5 Å². The van der Waals surface area contributed by atoms with Gasteiger partial charge in [-0.05, 0) is 57.8 Å².